The fourth-order valence-electron chi connectivity index (χ4n) is 4.97. The van der Waals surface area contributed by atoms with Crippen molar-refractivity contribution < 1.29 is 19.7 Å². The van der Waals surface area contributed by atoms with E-state index in [9.17, 15) is 15.0 Å². The lowest BCUT2D eigenvalue weighted by Gasteiger charge is -2.38. The van der Waals surface area contributed by atoms with E-state index in [-0.39, 0.29) is 18.3 Å². The van der Waals surface area contributed by atoms with Gasteiger partial charge in [0.1, 0.15) is 5.75 Å². The Morgan fingerprint density at radius 3 is 2.97 bits per heavy atom. The number of halogens is 1. The van der Waals surface area contributed by atoms with Gasteiger partial charge in [0.2, 0.25) is 0 Å². The number of aliphatic hydroxyl groups is 1. The molecule has 2 unspecified atom stereocenters. The molecule has 1 aliphatic rings. The number of aliphatic carboxylic acids is 1. The predicted octanol–water partition coefficient (Wildman–Crippen LogP) is 5.98. The summed E-state index contributed by atoms with van der Waals surface area (Å²) in [6.07, 6.45) is 3.19. The van der Waals surface area contributed by atoms with Gasteiger partial charge in [-0.25, -0.2) is 0 Å². The molecule has 1 saturated heterocycles. The molecular formula is C26H31ClN2O4S2. The molecule has 3 atom stereocenters. The summed E-state index contributed by atoms with van der Waals surface area (Å²) in [5.41, 5.74) is 1.41. The summed E-state index contributed by atoms with van der Waals surface area (Å²) in [6.45, 7) is 2.70. The van der Waals surface area contributed by atoms with Crippen molar-refractivity contribution in [3.63, 3.8) is 0 Å². The maximum atomic E-state index is 11.6. The summed E-state index contributed by atoms with van der Waals surface area (Å²) in [7, 11) is 1.60. The van der Waals surface area contributed by atoms with Crippen LogP contribution in [0.3, 0.4) is 0 Å². The minimum atomic E-state index is -0.759. The molecule has 4 rings (SSSR count). The molecular weight excluding hydrogens is 504 g/mol. The number of nitrogens with zero attached hydrogens (tertiary/aromatic N) is 2. The van der Waals surface area contributed by atoms with E-state index in [0.717, 1.165) is 49.1 Å². The zero-order chi connectivity index (χ0) is 24.8. The Hall–Kier alpha value is -1.84. The summed E-state index contributed by atoms with van der Waals surface area (Å²) >= 11 is 10.1. The van der Waals surface area contributed by atoms with Gasteiger partial charge in [-0.2, -0.15) is 0 Å². The summed E-state index contributed by atoms with van der Waals surface area (Å²) in [5.74, 6) is 1.25. The fraction of sp³-hybridized carbons (Fsp3) is 0.462. The van der Waals surface area contributed by atoms with Crippen LogP contribution in [0.5, 0.6) is 5.75 Å². The third-order valence-corrected chi connectivity index (χ3v) is 9.18. The average molecular weight is 535 g/mol. The van der Waals surface area contributed by atoms with Crippen LogP contribution in [0.2, 0.25) is 5.02 Å². The SMILES string of the molecule is COc1ccc2ncc(Cl)c([C@H](O)CCC3CCN(CCSc4cccs4)CC3CC(=O)O)c2c1. The number of ether oxygens (including phenoxy) is 1. The van der Waals surface area contributed by atoms with E-state index in [4.69, 9.17) is 16.3 Å². The number of thioether (sulfide) groups is 1. The van der Waals surface area contributed by atoms with Gasteiger partial charge in [-0.1, -0.05) is 17.7 Å². The van der Waals surface area contributed by atoms with Crippen LogP contribution in [-0.2, 0) is 4.79 Å². The number of methoxy groups -OCH3 is 1. The number of hydrogen-bond donors (Lipinski definition) is 2. The van der Waals surface area contributed by atoms with E-state index in [0.29, 0.717) is 22.8 Å². The molecule has 1 aromatic carbocycles. The normalized spacial score (nSPS) is 19.6. The van der Waals surface area contributed by atoms with Crippen molar-refractivity contribution in [1.82, 2.24) is 9.88 Å². The van der Waals surface area contributed by atoms with Gasteiger partial charge >= 0.3 is 5.97 Å². The van der Waals surface area contributed by atoms with Crippen molar-refractivity contribution in [3.05, 3.63) is 52.5 Å². The summed E-state index contributed by atoms with van der Waals surface area (Å²) in [6, 6.07) is 9.74. The number of thiophene rings is 1. The van der Waals surface area contributed by atoms with Crippen LogP contribution in [0.15, 0.2) is 46.1 Å². The summed E-state index contributed by atoms with van der Waals surface area (Å²) in [5, 5.41) is 24.0. The summed E-state index contributed by atoms with van der Waals surface area (Å²) in [4.78, 5) is 18.4. The Morgan fingerprint density at radius 2 is 2.23 bits per heavy atom. The number of rotatable bonds is 11. The Balaban J connectivity index is 1.39. The third-order valence-electron chi connectivity index (χ3n) is 6.77. The highest BCUT2D eigenvalue weighted by Gasteiger charge is 2.31. The molecule has 6 nitrogen and oxygen atoms in total. The molecule has 3 aromatic rings. The van der Waals surface area contributed by atoms with E-state index in [1.54, 1.807) is 24.6 Å². The molecule has 0 radical (unpaired) electrons. The van der Waals surface area contributed by atoms with Crippen LogP contribution in [0.25, 0.3) is 10.9 Å². The Morgan fingerprint density at radius 1 is 1.37 bits per heavy atom. The second kappa shape index (κ2) is 12.4. The third kappa shape index (κ3) is 6.89. The maximum absolute atomic E-state index is 11.6. The maximum Gasteiger partial charge on any atom is 0.303 e. The lowest BCUT2D eigenvalue weighted by atomic mass is 9.79. The zero-order valence-electron chi connectivity index (χ0n) is 19.7. The number of likely N-dealkylation sites (tertiary alicyclic amines) is 1. The first-order valence-corrected chi connectivity index (χ1v) is 14.1. The molecule has 2 N–H and O–H groups in total. The van der Waals surface area contributed by atoms with E-state index in [2.05, 4.69) is 27.4 Å². The van der Waals surface area contributed by atoms with E-state index < -0.39 is 12.1 Å². The number of aromatic nitrogens is 1. The second-order valence-corrected chi connectivity index (χ2v) is 11.7. The molecule has 3 heterocycles. The van der Waals surface area contributed by atoms with Gasteiger partial charge in [-0.05, 0) is 67.3 Å². The van der Waals surface area contributed by atoms with Crippen molar-refractivity contribution in [1.29, 1.82) is 0 Å². The van der Waals surface area contributed by atoms with Crippen LogP contribution in [0.4, 0.5) is 0 Å². The topological polar surface area (TPSA) is 82.9 Å². The Labute approximate surface area is 219 Å². The molecule has 1 fully saturated rings. The number of hydrogen-bond acceptors (Lipinski definition) is 7. The molecule has 0 aliphatic carbocycles. The van der Waals surface area contributed by atoms with Gasteiger partial charge in [-0.15, -0.1) is 23.1 Å². The van der Waals surface area contributed by atoms with Gasteiger partial charge in [0.15, 0.2) is 0 Å². The molecule has 188 valence electrons. The van der Waals surface area contributed by atoms with E-state index in [1.807, 2.05) is 30.0 Å². The fourth-order valence-corrected chi connectivity index (χ4v) is 7.10. The smallest absolute Gasteiger partial charge is 0.303 e. The number of fused-ring (bicyclic) bond motifs is 1. The summed E-state index contributed by atoms with van der Waals surface area (Å²) < 4.78 is 6.66. The molecule has 0 spiro atoms. The number of benzene rings is 1. The first kappa shape index (κ1) is 26.2. The predicted molar refractivity (Wildman–Crippen MR) is 143 cm³/mol. The average Bonchev–Trinajstić information content (AvgIpc) is 3.36. The lowest BCUT2D eigenvalue weighted by molar-refractivity contribution is -0.139. The molecule has 0 saturated carbocycles. The van der Waals surface area contributed by atoms with E-state index >= 15 is 0 Å². The van der Waals surface area contributed by atoms with Crippen molar-refractivity contribution in [2.24, 2.45) is 11.8 Å². The molecule has 2 aromatic heterocycles. The Kier molecular flexibility index (Phi) is 9.30. The standard InChI is InChI=1S/C26H31ClN2O4S2/c1-33-19-5-6-22-20(14-19)26(21(27)15-28-22)23(30)7-4-17-8-9-29(16-18(17)13-24(31)32)10-12-35-25-3-2-11-34-25/h2-3,5-6,11,14-15,17-18,23,30H,4,7-10,12-13,16H2,1H3,(H,31,32)/t17?,18?,23-/m1/s1. The van der Waals surface area contributed by atoms with Crippen LogP contribution >= 0.6 is 34.7 Å². The van der Waals surface area contributed by atoms with E-state index in [1.165, 1.54) is 4.21 Å². The van der Waals surface area contributed by atoms with Gasteiger partial charge in [-0.3, -0.25) is 9.78 Å². The zero-order valence-corrected chi connectivity index (χ0v) is 22.1. The molecule has 0 amide bonds. The van der Waals surface area contributed by atoms with Crippen LogP contribution in [0.1, 0.15) is 37.4 Å². The highest BCUT2D eigenvalue weighted by Crippen LogP contribution is 2.37. The minimum absolute atomic E-state index is 0.0740. The number of carboxylic acid groups (broad SMARTS) is 1. The second-order valence-electron chi connectivity index (χ2n) is 8.98. The van der Waals surface area contributed by atoms with Crippen molar-refractivity contribution >= 4 is 51.6 Å². The number of carboxylic acids is 1. The quantitative estimate of drug-likeness (QED) is 0.293. The number of carbonyl (C=O) groups is 1. The van der Waals surface area contributed by atoms with Crippen LogP contribution in [0, 0.1) is 11.8 Å². The van der Waals surface area contributed by atoms with Gasteiger partial charge in [0.25, 0.3) is 0 Å². The first-order valence-electron chi connectivity index (χ1n) is 11.8. The largest absolute Gasteiger partial charge is 0.497 e. The van der Waals surface area contributed by atoms with Crippen molar-refractivity contribution in [2.45, 2.75) is 36.0 Å². The lowest BCUT2D eigenvalue weighted by Crippen LogP contribution is -2.42. The minimum Gasteiger partial charge on any atom is -0.497 e. The van der Waals surface area contributed by atoms with Crippen LogP contribution in [-0.4, -0.2) is 58.6 Å². The van der Waals surface area contributed by atoms with Gasteiger partial charge < -0.3 is 19.8 Å². The van der Waals surface area contributed by atoms with Crippen LogP contribution < -0.4 is 4.74 Å². The highest BCUT2D eigenvalue weighted by molar-refractivity contribution is 8.01. The van der Waals surface area contributed by atoms with Gasteiger partial charge in [0.05, 0.1) is 28.0 Å². The number of aliphatic hydroxyl groups excluding tert-OH is 1. The highest BCUT2D eigenvalue weighted by atomic mass is 35.5. The number of piperidine rings is 1. The molecule has 1 aliphatic heterocycles. The molecule has 0 bridgehead atoms. The van der Waals surface area contributed by atoms with Gasteiger partial charge in [0, 0.05) is 42.4 Å². The molecule has 35 heavy (non-hydrogen) atoms. The monoisotopic (exact) mass is 534 g/mol. The van der Waals surface area contributed by atoms with Crippen molar-refractivity contribution in [3.8, 4) is 5.75 Å². The number of pyridine rings is 1. The first-order chi connectivity index (χ1) is 16.9. The van der Waals surface area contributed by atoms with Crippen molar-refractivity contribution in [2.75, 3.05) is 32.5 Å². The molecule has 9 heteroatoms. The Bertz CT molecular complexity index is 1130.